The Labute approximate surface area is 125 Å². The molecule has 1 aliphatic carbocycles. The molecular weight excluding hydrogens is 296 g/mol. The van der Waals surface area contributed by atoms with Gasteiger partial charge in [-0.3, -0.25) is 9.59 Å². The smallest absolute Gasteiger partial charge is 0.310 e. The van der Waals surface area contributed by atoms with Crippen LogP contribution >= 0.6 is 0 Å². The molecular formula is C13H22N2O5S. The van der Waals surface area contributed by atoms with Crippen LogP contribution in [0.4, 0.5) is 0 Å². The molecule has 1 amide bonds. The van der Waals surface area contributed by atoms with E-state index >= 15 is 0 Å². The van der Waals surface area contributed by atoms with Crippen LogP contribution in [0.3, 0.4) is 0 Å². The molecule has 0 aromatic rings. The zero-order valence-corrected chi connectivity index (χ0v) is 13.3. The number of sulfonamides is 1. The maximum absolute atomic E-state index is 12.8. The molecule has 2 unspecified atom stereocenters. The van der Waals surface area contributed by atoms with Gasteiger partial charge in [0.2, 0.25) is 15.9 Å². The molecule has 7 nitrogen and oxygen atoms in total. The highest BCUT2D eigenvalue weighted by molar-refractivity contribution is 7.89. The van der Waals surface area contributed by atoms with Crippen LogP contribution in [0, 0.1) is 5.92 Å². The Morgan fingerprint density at radius 1 is 1.24 bits per heavy atom. The third kappa shape index (κ3) is 3.21. The monoisotopic (exact) mass is 318 g/mol. The number of ether oxygens (including phenoxy) is 1. The lowest BCUT2D eigenvalue weighted by molar-refractivity contribution is -0.145. The molecule has 1 saturated heterocycles. The van der Waals surface area contributed by atoms with Gasteiger partial charge in [-0.05, 0) is 19.3 Å². The van der Waals surface area contributed by atoms with Crippen molar-refractivity contribution in [2.24, 2.45) is 5.92 Å². The summed E-state index contributed by atoms with van der Waals surface area (Å²) in [6.45, 7) is 0.738. The van der Waals surface area contributed by atoms with Crippen molar-refractivity contribution in [3.8, 4) is 0 Å². The number of rotatable bonds is 3. The summed E-state index contributed by atoms with van der Waals surface area (Å²) in [6, 6.07) is 0. The first-order valence-corrected chi connectivity index (χ1v) is 8.69. The lowest BCUT2D eigenvalue weighted by Crippen LogP contribution is -2.45. The van der Waals surface area contributed by atoms with Gasteiger partial charge in [0.1, 0.15) is 0 Å². The summed E-state index contributed by atoms with van der Waals surface area (Å²) in [4.78, 5) is 25.2. The molecule has 2 rings (SSSR count). The van der Waals surface area contributed by atoms with Gasteiger partial charge in [0, 0.05) is 20.1 Å². The second-order valence-electron chi connectivity index (χ2n) is 5.65. The summed E-state index contributed by atoms with van der Waals surface area (Å²) in [5.41, 5.74) is 0. The average Bonchev–Trinajstić information content (AvgIpc) is 2.88. The fraction of sp³-hybridized carbons (Fsp3) is 0.846. The van der Waals surface area contributed by atoms with E-state index in [9.17, 15) is 18.0 Å². The summed E-state index contributed by atoms with van der Waals surface area (Å²) >= 11 is 0. The molecule has 2 fully saturated rings. The van der Waals surface area contributed by atoms with Crippen molar-refractivity contribution in [1.82, 2.24) is 9.21 Å². The van der Waals surface area contributed by atoms with Gasteiger partial charge in [0.05, 0.1) is 24.8 Å². The van der Waals surface area contributed by atoms with Crippen LogP contribution in [0.25, 0.3) is 0 Å². The summed E-state index contributed by atoms with van der Waals surface area (Å²) in [6.07, 6.45) is 2.27. The van der Waals surface area contributed by atoms with Gasteiger partial charge >= 0.3 is 5.97 Å². The molecule has 0 spiro atoms. The van der Waals surface area contributed by atoms with Crippen LogP contribution in [0.5, 0.6) is 0 Å². The molecule has 0 bridgehead atoms. The number of methoxy groups -OCH3 is 1. The number of hydrogen-bond donors (Lipinski definition) is 0. The molecule has 120 valence electrons. The highest BCUT2D eigenvalue weighted by atomic mass is 32.2. The van der Waals surface area contributed by atoms with Gasteiger partial charge in [-0.1, -0.05) is 6.42 Å². The number of esters is 1. The Bertz CT molecular complexity index is 519. The maximum atomic E-state index is 12.8. The Morgan fingerprint density at radius 2 is 1.95 bits per heavy atom. The topological polar surface area (TPSA) is 84.0 Å². The molecule has 2 aliphatic rings. The lowest BCUT2D eigenvalue weighted by atomic mass is 10.1. The molecule has 2 atom stereocenters. The van der Waals surface area contributed by atoms with Crippen molar-refractivity contribution in [1.29, 1.82) is 0 Å². The van der Waals surface area contributed by atoms with Gasteiger partial charge in [0.15, 0.2) is 0 Å². The fourth-order valence-electron chi connectivity index (χ4n) is 3.07. The lowest BCUT2D eigenvalue weighted by Gasteiger charge is -2.26. The highest BCUT2D eigenvalue weighted by Gasteiger charge is 2.45. The predicted octanol–water partition coefficient (Wildman–Crippen LogP) is -0.178. The molecule has 1 aliphatic heterocycles. The van der Waals surface area contributed by atoms with Gasteiger partial charge in [0.25, 0.3) is 0 Å². The third-order valence-electron chi connectivity index (χ3n) is 4.34. The van der Waals surface area contributed by atoms with E-state index in [2.05, 4.69) is 0 Å². The Hall–Kier alpha value is -1.15. The van der Waals surface area contributed by atoms with E-state index < -0.39 is 27.2 Å². The van der Waals surface area contributed by atoms with Crippen molar-refractivity contribution in [2.45, 2.75) is 30.9 Å². The van der Waals surface area contributed by atoms with Crippen LogP contribution in [0.1, 0.15) is 25.7 Å². The van der Waals surface area contributed by atoms with Crippen molar-refractivity contribution in [2.75, 3.05) is 33.8 Å². The first kappa shape index (κ1) is 16.2. The second-order valence-corrected chi connectivity index (χ2v) is 7.80. The van der Waals surface area contributed by atoms with Crippen molar-refractivity contribution in [3.63, 3.8) is 0 Å². The van der Waals surface area contributed by atoms with E-state index in [1.165, 1.54) is 11.4 Å². The molecule has 8 heteroatoms. The molecule has 0 aromatic heterocycles. The minimum atomic E-state index is -3.66. The quantitative estimate of drug-likeness (QED) is 0.674. The Kier molecular flexibility index (Phi) is 4.88. The Balaban J connectivity index is 2.20. The molecule has 1 heterocycles. The standard InChI is InChI=1S/C13H22N2O5S/c1-14-7-4-8-15(9-12(14)16)21(18,19)11-6-3-5-10(11)13(17)20-2/h10-11H,3-9H2,1-2H3. The van der Waals surface area contributed by atoms with Crippen LogP contribution < -0.4 is 0 Å². The molecule has 0 aromatic carbocycles. The average molecular weight is 318 g/mol. The normalized spacial score (nSPS) is 28.5. The minimum absolute atomic E-state index is 0.136. The first-order valence-electron chi connectivity index (χ1n) is 7.18. The maximum Gasteiger partial charge on any atom is 0.310 e. The van der Waals surface area contributed by atoms with Crippen molar-refractivity contribution in [3.05, 3.63) is 0 Å². The summed E-state index contributed by atoms with van der Waals surface area (Å²) < 4.78 is 31.5. The Morgan fingerprint density at radius 3 is 2.62 bits per heavy atom. The summed E-state index contributed by atoms with van der Waals surface area (Å²) in [5.74, 6) is -1.29. The van der Waals surface area contributed by atoms with Crippen molar-refractivity contribution >= 4 is 21.9 Å². The SMILES string of the molecule is COC(=O)C1CCCC1S(=O)(=O)N1CCCN(C)C(=O)C1. The van der Waals surface area contributed by atoms with E-state index in [0.717, 1.165) is 0 Å². The minimum Gasteiger partial charge on any atom is -0.469 e. The molecule has 21 heavy (non-hydrogen) atoms. The number of carbonyl (C=O) groups excluding carboxylic acids is 2. The van der Waals surface area contributed by atoms with Crippen LogP contribution in [0.15, 0.2) is 0 Å². The van der Waals surface area contributed by atoms with Gasteiger partial charge in [-0.2, -0.15) is 4.31 Å². The molecule has 0 radical (unpaired) electrons. The summed E-state index contributed by atoms with van der Waals surface area (Å²) in [5, 5.41) is -0.763. The predicted molar refractivity (Wildman–Crippen MR) is 75.9 cm³/mol. The van der Waals surface area contributed by atoms with Crippen LogP contribution in [-0.2, 0) is 24.3 Å². The van der Waals surface area contributed by atoms with Crippen LogP contribution in [-0.4, -0.2) is 68.5 Å². The molecule has 0 N–H and O–H groups in total. The van der Waals surface area contributed by atoms with Gasteiger partial charge < -0.3 is 9.64 Å². The van der Waals surface area contributed by atoms with Gasteiger partial charge in [-0.15, -0.1) is 0 Å². The first-order chi connectivity index (χ1) is 9.87. The summed E-state index contributed by atoms with van der Waals surface area (Å²) in [7, 11) is -0.716. The van der Waals surface area contributed by atoms with E-state index in [4.69, 9.17) is 4.74 Å². The zero-order chi connectivity index (χ0) is 15.6. The third-order valence-corrected chi connectivity index (χ3v) is 6.70. The molecule has 1 saturated carbocycles. The number of carbonyl (C=O) groups is 2. The number of nitrogens with zero attached hydrogens (tertiary/aromatic N) is 2. The second kappa shape index (κ2) is 6.31. The van der Waals surface area contributed by atoms with Crippen LogP contribution in [0.2, 0.25) is 0 Å². The van der Waals surface area contributed by atoms with Crippen molar-refractivity contribution < 1.29 is 22.7 Å². The van der Waals surface area contributed by atoms with Gasteiger partial charge in [-0.25, -0.2) is 8.42 Å². The van der Waals surface area contributed by atoms with E-state index in [-0.39, 0.29) is 12.5 Å². The van der Waals surface area contributed by atoms with E-state index in [0.29, 0.717) is 38.8 Å². The largest absolute Gasteiger partial charge is 0.469 e. The van der Waals surface area contributed by atoms with E-state index in [1.54, 1.807) is 11.9 Å². The fourth-order valence-corrected chi connectivity index (χ4v) is 5.26. The number of hydrogen-bond acceptors (Lipinski definition) is 5. The van der Waals surface area contributed by atoms with E-state index in [1.807, 2.05) is 0 Å². The zero-order valence-electron chi connectivity index (χ0n) is 12.4. The number of likely N-dealkylation sites (N-methyl/N-ethyl adjacent to an activating group) is 1. The number of amides is 1. The highest BCUT2D eigenvalue weighted by Crippen LogP contribution is 2.34.